The van der Waals surface area contributed by atoms with Crippen LogP contribution in [0.2, 0.25) is 0 Å². The van der Waals surface area contributed by atoms with E-state index < -0.39 is 17.7 Å². The molecule has 0 saturated carbocycles. The Morgan fingerprint density at radius 3 is 2.04 bits per heavy atom. The van der Waals surface area contributed by atoms with Crippen molar-refractivity contribution in [1.29, 1.82) is 0 Å². The second kappa shape index (κ2) is 7.74. The second-order valence-corrected chi connectivity index (χ2v) is 5.49. The molecule has 1 unspecified atom stereocenters. The van der Waals surface area contributed by atoms with Crippen LogP contribution in [0.4, 0.5) is 0 Å². The van der Waals surface area contributed by atoms with Gasteiger partial charge < -0.3 is 9.53 Å². The first-order chi connectivity index (χ1) is 11.0. The molecule has 118 valence electrons. The van der Waals surface area contributed by atoms with Crippen LogP contribution >= 0.6 is 12.6 Å². The predicted molar refractivity (Wildman–Crippen MR) is 89.6 cm³/mol. The predicted octanol–water partition coefficient (Wildman–Crippen LogP) is 3.34. The summed E-state index contributed by atoms with van der Waals surface area (Å²) >= 11 is 4.24. The van der Waals surface area contributed by atoms with Gasteiger partial charge in [-0.1, -0.05) is 31.2 Å². The summed E-state index contributed by atoms with van der Waals surface area (Å²) < 4.78 is 5.01. The maximum absolute atomic E-state index is 11.7. The minimum atomic E-state index is -1.02. The van der Waals surface area contributed by atoms with E-state index in [1.54, 1.807) is 31.2 Å². The number of thiol groups is 1. The van der Waals surface area contributed by atoms with Crippen molar-refractivity contribution in [3.8, 4) is 16.9 Å². The highest BCUT2D eigenvalue weighted by Crippen LogP contribution is 2.23. The van der Waals surface area contributed by atoms with E-state index in [-0.39, 0.29) is 12.2 Å². The van der Waals surface area contributed by atoms with Crippen molar-refractivity contribution < 1.29 is 19.1 Å². The van der Waals surface area contributed by atoms with Crippen LogP contribution in [0.1, 0.15) is 13.3 Å². The van der Waals surface area contributed by atoms with E-state index in [0.717, 1.165) is 16.0 Å². The standard InChI is InChI=1S/C18H16O4S/c1-2-12(11-19)17(20)18(21)22-15-7-3-13(4-8-15)14-5-9-16(23)10-6-14/h3-12,23H,2H2,1H3. The molecule has 2 rings (SSSR count). The van der Waals surface area contributed by atoms with Crippen LogP contribution in [-0.4, -0.2) is 18.0 Å². The SMILES string of the molecule is CCC(C=O)C(=O)C(=O)Oc1ccc(-c2ccc(S)cc2)cc1. The summed E-state index contributed by atoms with van der Waals surface area (Å²) in [6.45, 7) is 1.66. The highest BCUT2D eigenvalue weighted by Gasteiger charge is 2.25. The summed E-state index contributed by atoms with van der Waals surface area (Å²) in [6.07, 6.45) is 0.745. The molecule has 5 heteroatoms. The number of hydrogen-bond donors (Lipinski definition) is 1. The molecule has 4 nitrogen and oxygen atoms in total. The molecule has 0 bridgehead atoms. The Labute approximate surface area is 139 Å². The molecule has 0 aliphatic carbocycles. The van der Waals surface area contributed by atoms with Crippen LogP contribution in [0.3, 0.4) is 0 Å². The number of hydrogen-bond acceptors (Lipinski definition) is 5. The number of esters is 1. The fraction of sp³-hybridized carbons (Fsp3) is 0.167. The van der Waals surface area contributed by atoms with Gasteiger partial charge in [0.1, 0.15) is 12.0 Å². The Bertz CT molecular complexity index is 705. The first-order valence-electron chi connectivity index (χ1n) is 7.16. The Hall–Kier alpha value is -2.40. The smallest absolute Gasteiger partial charge is 0.380 e. The maximum Gasteiger partial charge on any atom is 0.380 e. The van der Waals surface area contributed by atoms with Crippen LogP contribution in [0.25, 0.3) is 11.1 Å². The summed E-state index contributed by atoms with van der Waals surface area (Å²) in [7, 11) is 0. The summed E-state index contributed by atoms with van der Waals surface area (Å²) in [5.41, 5.74) is 1.95. The van der Waals surface area contributed by atoms with Crippen molar-refractivity contribution in [1.82, 2.24) is 0 Å². The summed E-state index contributed by atoms with van der Waals surface area (Å²) in [6, 6.07) is 14.4. The number of carbonyl (C=O) groups is 3. The van der Waals surface area contributed by atoms with E-state index >= 15 is 0 Å². The molecule has 2 aromatic carbocycles. The number of benzene rings is 2. The van der Waals surface area contributed by atoms with Crippen molar-refractivity contribution >= 4 is 30.7 Å². The zero-order valence-corrected chi connectivity index (χ0v) is 13.5. The van der Waals surface area contributed by atoms with E-state index in [0.29, 0.717) is 6.29 Å². The first kappa shape index (κ1) is 17.0. The molecule has 0 aliphatic heterocycles. The third-order valence-electron chi connectivity index (χ3n) is 3.41. The molecule has 2 aromatic rings. The van der Waals surface area contributed by atoms with Crippen LogP contribution < -0.4 is 4.74 Å². The normalized spacial score (nSPS) is 11.6. The largest absolute Gasteiger partial charge is 0.421 e. The molecular weight excluding hydrogens is 312 g/mol. The fourth-order valence-electron chi connectivity index (χ4n) is 2.02. The lowest BCUT2D eigenvalue weighted by Crippen LogP contribution is -2.28. The highest BCUT2D eigenvalue weighted by atomic mass is 32.1. The molecule has 0 radical (unpaired) electrons. The quantitative estimate of drug-likeness (QED) is 0.221. The molecule has 0 heterocycles. The Morgan fingerprint density at radius 1 is 1.04 bits per heavy atom. The molecule has 23 heavy (non-hydrogen) atoms. The first-order valence-corrected chi connectivity index (χ1v) is 7.60. The van der Waals surface area contributed by atoms with Gasteiger partial charge in [0.05, 0.1) is 5.92 Å². The molecule has 0 aromatic heterocycles. The molecule has 0 fully saturated rings. The molecule has 0 spiro atoms. The fourth-order valence-corrected chi connectivity index (χ4v) is 2.17. The van der Waals surface area contributed by atoms with Gasteiger partial charge in [0.2, 0.25) is 0 Å². The van der Waals surface area contributed by atoms with Crippen LogP contribution in [-0.2, 0) is 14.4 Å². The highest BCUT2D eigenvalue weighted by molar-refractivity contribution is 7.80. The van der Waals surface area contributed by atoms with Crippen molar-refractivity contribution in [3.63, 3.8) is 0 Å². The average Bonchev–Trinajstić information content (AvgIpc) is 2.57. The van der Waals surface area contributed by atoms with E-state index in [1.807, 2.05) is 24.3 Å². The Kier molecular flexibility index (Phi) is 5.71. The summed E-state index contributed by atoms with van der Waals surface area (Å²) in [5, 5.41) is 0. The Balaban J connectivity index is 2.08. The van der Waals surface area contributed by atoms with E-state index in [1.165, 1.54) is 0 Å². The summed E-state index contributed by atoms with van der Waals surface area (Å²) in [5.74, 6) is -2.52. The van der Waals surface area contributed by atoms with Gasteiger partial charge in [0, 0.05) is 4.90 Å². The van der Waals surface area contributed by atoms with Gasteiger partial charge in [0.25, 0.3) is 5.78 Å². The Morgan fingerprint density at radius 2 is 1.57 bits per heavy atom. The number of ketones is 1. The molecule has 1 atom stereocenters. The monoisotopic (exact) mass is 328 g/mol. The topological polar surface area (TPSA) is 60.4 Å². The molecule has 0 amide bonds. The number of aldehydes is 1. The van der Waals surface area contributed by atoms with E-state index in [9.17, 15) is 14.4 Å². The van der Waals surface area contributed by atoms with E-state index in [4.69, 9.17) is 4.74 Å². The minimum absolute atomic E-state index is 0.263. The number of Topliss-reactive ketones (excluding diaryl/α,β-unsaturated/α-hetero) is 1. The zero-order valence-electron chi connectivity index (χ0n) is 12.6. The van der Waals surface area contributed by atoms with Crippen LogP contribution in [0.15, 0.2) is 53.4 Å². The molecular formula is C18H16O4S. The number of carbonyl (C=O) groups excluding carboxylic acids is 3. The maximum atomic E-state index is 11.7. The van der Waals surface area contributed by atoms with Gasteiger partial charge in [-0.2, -0.15) is 0 Å². The summed E-state index contributed by atoms with van der Waals surface area (Å²) in [4.78, 5) is 35.0. The average molecular weight is 328 g/mol. The number of ether oxygens (including phenoxy) is 1. The van der Waals surface area contributed by atoms with Crippen LogP contribution in [0, 0.1) is 5.92 Å². The molecule has 0 N–H and O–H groups in total. The van der Waals surface area contributed by atoms with Crippen molar-refractivity contribution in [2.45, 2.75) is 18.2 Å². The van der Waals surface area contributed by atoms with Gasteiger partial charge in [-0.25, -0.2) is 4.79 Å². The lowest BCUT2D eigenvalue weighted by Gasteiger charge is -2.08. The third kappa shape index (κ3) is 4.29. The molecule has 0 aliphatic rings. The number of rotatable bonds is 6. The van der Waals surface area contributed by atoms with Crippen molar-refractivity contribution in [3.05, 3.63) is 48.5 Å². The van der Waals surface area contributed by atoms with Gasteiger partial charge in [-0.05, 0) is 41.8 Å². The van der Waals surface area contributed by atoms with Crippen molar-refractivity contribution in [2.24, 2.45) is 5.92 Å². The van der Waals surface area contributed by atoms with Crippen LogP contribution in [0.5, 0.6) is 5.75 Å². The lowest BCUT2D eigenvalue weighted by atomic mass is 10.0. The molecule has 0 saturated heterocycles. The zero-order chi connectivity index (χ0) is 16.8. The third-order valence-corrected chi connectivity index (χ3v) is 3.71. The minimum Gasteiger partial charge on any atom is -0.421 e. The van der Waals surface area contributed by atoms with Crippen molar-refractivity contribution in [2.75, 3.05) is 0 Å². The van der Waals surface area contributed by atoms with Gasteiger partial charge in [0.15, 0.2) is 0 Å². The van der Waals surface area contributed by atoms with E-state index in [2.05, 4.69) is 12.6 Å². The van der Waals surface area contributed by atoms with Gasteiger partial charge in [-0.3, -0.25) is 4.79 Å². The van der Waals surface area contributed by atoms with Gasteiger partial charge in [-0.15, -0.1) is 12.6 Å². The lowest BCUT2D eigenvalue weighted by molar-refractivity contribution is -0.150. The van der Waals surface area contributed by atoms with Gasteiger partial charge >= 0.3 is 5.97 Å². The second-order valence-electron chi connectivity index (χ2n) is 4.98.